The molecule has 2 N–H and O–H groups in total. The molecule has 3 rings (SSSR count). The van der Waals surface area contributed by atoms with Gasteiger partial charge in [0.15, 0.2) is 0 Å². The molecule has 0 saturated heterocycles. The summed E-state index contributed by atoms with van der Waals surface area (Å²) in [7, 11) is 0. The second-order valence-electron chi connectivity index (χ2n) is 6.32. The Bertz CT molecular complexity index is 965. The second kappa shape index (κ2) is 7.20. The van der Waals surface area contributed by atoms with Gasteiger partial charge in [-0.15, -0.1) is 0 Å². The van der Waals surface area contributed by atoms with Crippen molar-refractivity contribution in [3.63, 3.8) is 0 Å². The van der Waals surface area contributed by atoms with Crippen molar-refractivity contribution in [3.8, 4) is 0 Å². The van der Waals surface area contributed by atoms with Crippen LogP contribution in [0, 0.1) is 9.39 Å². The first kappa shape index (κ1) is 18.6. The summed E-state index contributed by atoms with van der Waals surface area (Å²) >= 11 is 2.01. The predicted molar refractivity (Wildman–Crippen MR) is 103 cm³/mol. The zero-order valence-corrected chi connectivity index (χ0v) is 16.2. The minimum Gasteiger partial charge on any atom is -0.457 e. The minimum atomic E-state index is -1.18. The summed E-state index contributed by atoms with van der Waals surface area (Å²) in [5.74, 6) is -1.35. The van der Waals surface area contributed by atoms with Crippen molar-refractivity contribution >= 4 is 50.9 Å². The Hall–Kier alpha value is -2.20. The number of hydrogen-bond donors (Lipinski definition) is 2. The van der Waals surface area contributed by atoms with Crippen LogP contribution in [0.2, 0.25) is 0 Å². The van der Waals surface area contributed by atoms with E-state index in [2.05, 4.69) is 10.3 Å². The van der Waals surface area contributed by atoms with Crippen molar-refractivity contribution in [3.05, 3.63) is 51.8 Å². The van der Waals surface area contributed by atoms with E-state index in [1.54, 1.807) is 18.2 Å². The van der Waals surface area contributed by atoms with Gasteiger partial charge >= 0.3 is 5.97 Å². The highest BCUT2D eigenvalue weighted by molar-refractivity contribution is 14.1. The molecule has 0 saturated carbocycles. The van der Waals surface area contributed by atoms with E-state index >= 15 is 0 Å². The Labute approximate surface area is 162 Å². The zero-order valence-electron chi connectivity index (χ0n) is 14.0. The number of hydrogen-bond acceptors (Lipinski definition) is 6. The molecule has 136 valence electrons. The van der Waals surface area contributed by atoms with Crippen LogP contribution in [0.1, 0.15) is 24.4 Å². The van der Waals surface area contributed by atoms with Crippen molar-refractivity contribution in [2.75, 3.05) is 11.9 Å². The topological polar surface area (TPSA) is 84.6 Å². The van der Waals surface area contributed by atoms with Crippen LogP contribution in [0.25, 0.3) is 11.0 Å². The van der Waals surface area contributed by atoms with E-state index in [0.717, 1.165) is 3.57 Å². The lowest BCUT2D eigenvalue weighted by Crippen LogP contribution is -2.27. The van der Waals surface area contributed by atoms with Gasteiger partial charge in [-0.1, -0.05) is 0 Å². The second-order valence-corrected chi connectivity index (χ2v) is 7.56. The van der Waals surface area contributed by atoms with Crippen molar-refractivity contribution in [1.29, 1.82) is 0 Å². The van der Waals surface area contributed by atoms with E-state index < -0.39 is 17.4 Å². The molecular weight excluding hydrogens is 454 g/mol. The molecule has 2 aromatic heterocycles. The molecule has 0 aliphatic carbocycles. The fourth-order valence-corrected chi connectivity index (χ4v) is 2.70. The van der Waals surface area contributed by atoms with E-state index in [9.17, 15) is 14.3 Å². The van der Waals surface area contributed by atoms with E-state index in [4.69, 9.17) is 9.15 Å². The van der Waals surface area contributed by atoms with Crippen LogP contribution < -0.4 is 5.32 Å². The maximum absolute atomic E-state index is 14.2. The highest BCUT2D eigenvalue weighted by atomic mass is 127. The van der Waals surface area contributed by atoms with E-state index in [1.807, 2.05) is 22.6 Å². The van der Waals surface area contributed by atoms with Gasteiger partial charge in [-0.25, -0.2) is 9.18 Å². The summed E-state index contributed by atoms with van der Waals surface area (Å²) in [6.07, 6.45) is 3.03. The lowest BCUT2D eigenvalue weighted by molar-refractivity contribution is -0.0117. The van der Waals surface area contributed by atoms with Gasteiger partial charge < -0.3 is 19.6 Å². The highest BCUT2D eigenvalue weighted by Crippen LogP contribution is 2.34. The average Bonchev–Trinajstić information content (AvgIpc) is 2.93. The summed E-state index contributed by atoms with van der Waals surface area (Å²) in [5, 5.41) is 13.1. The number of pyridine rings is 1. The van der Waals surface area contributed by atoms with Crippen molar-refractivity contribution in [2.45, 2.75) is 19.4 Å². The zero-order chi connectivity index (χ0) is 18.9. The number of carbonyl (C=O) groups is 1. The number of esters is 1. The molecule has 0 atom stereocenters. The normalized spacial score (nSPS) is 11.6. The molecule has 1 aromatic carbocycles. The first-order chi connectivity index (χ1) is 12.2. The smallest absolute Gasteiger partial charge is 0.376 e. The monoisotopic (exact) mass is 470 g/mol. The number of aromatic nitrogens is 1. The van der Waals surface area contributed by atoms with Gasteiger partial charge in [0.05, 0.1) is 16.7 Å². The molecule has 26 heavy (non-hydrogen) atoms. The van der Waals surface area contributed by atoms with E-state index in [0.29, 0.717) is 11.0 Å². The molecule has 0 aliphatic heterocycles. The molecule has 0 fully saturated rings. The van der Waals surface area contributed by atoms with Crippen LogP contribution in [0.5, 0.6) is 0 Å². The molecule has 8 heteroatoms. The predicted octanol–water partition coefficient (Wildman–Crippen LogP) is 4.24. The van der Waals surface area contributed by atoms with Gasteiger partial charge in [0.1, 0.15) is 23.7 Å². The maximum atomic E-state index is 14.2. The minimum absolute atomic E-state index is 0.116. The summed E-state index contributed by atoms with van der Waals surface area (Å²) in [6, 6.07) is 6.27. The van der Waals surface area contributed by atoms with Crippen molar-refractivity contribution < 1.29 is 23.4 Å². The van der Waals surface area contributed by atoms with Gasteiger partial charge in [-0.3, -0.25) is 4.98 Å². The van der Waals surface area contributed by atoms with E-state index in [1.165, 1.54) is 32.3 Å². The molecule has 0 aliphatic rings. The molecule has 6 nitrogen and oxygen atoms in total. The third-order valence-electron chi connectivity index (χ3n) is 3.42. The molecule has 0 spiro atoms. The van der Waals surface area contributed by atoms with Gasteiger partial charge in [0, 0.05) is 16.0 Å². The molecule has 3 aromatic rings. The fourth-order valence-electron chi connectivity index (χ4n) is 2.24. The number of rotatable bonds is 5. The summed E-state index contributed by atoms with van der Waals surface area (Å²) in [6.45, 7) is 2.82. The first-order valence-corrected chi connectivity index (χ1v) is 8.80. The number of carbonyl (C=O) groups excluding carboxylic acids is 1. The Kier molecular flexibility index (Phi) is 5.15. The van der Waals surface area contributed by atoms with Crippen LogP contribution in [0.3, 0.4) is 0 Å². The lowest BCUT2D eigenvalue weighted by Gasteiger charge is -2.16. The van der Waals surface area contributed by atoms with Crippen LogP contribution in [-0.4, -0.2) is 28.3 Å². The number of anilines is 2. The molecule has 0 bridgehead atoms. The number of aliphatic hydroxyl groups is 1. The standard InChI is InChI=1S/C18H16FIN2O4/c1-18(2,24)9-25-17(23)16-15(11-8-21-6-5-14(11)26-16)22-13-4-3-10(20)7-12(13)19/h3-8,22,24H,9H2,1-2H3. The van der Waals surface area contributed by atoms with Gasteiger partial charge in [0.2, 0.25) is 5.76 Å². The van der Waals surface area contributed by atoms with Gasteiger partial charge in [-0.05, 0) is 60.7 Å². The Morgan fingerprint density at radius 3 is 2.88 bits per heavy atom. The number of fused-ring (bicyclic) bond motifs is 1. The number of nitrogens with one attached hydrogen (secondary N) is 1. The molecule has 0 radical (unpaired) electrons. The fraction of sp³-hybridized carbons (Fsp3) is 0.222. The van der Waals surface area contributed by atoms with Crippen LogP contribution in [0.4, 0.5) is 15.8 Å². The Morgan fingerprint density at radius 2 is 2.19 bits per heavy atom. The number of furan rings is 1. The summed E-state index contributed by atoms with van der Waals surface area (Å²) in [4.78, 5) is 16.5. The summed E-state index contributed by atoms with van der Waals surface area (Å²) in [5.41, 5.74) is -0.329. The van der Waals surface area contributed by atoms with Crippen molar-refractivity contribution in [2.24, 2.45) is 0 Å². The van der Waals surface area contributed by atoms with E-state index in [-0.39, 0.29) is 23.7 Å². The highest BCUT2D eigenvalue weighted by Gasteiger charge is 2.25. The third kappa shape index (κ3) is 4.13. The van der Waals surface area contributed by atoms with Crippen LogP contribution >= 0.6 is 22.6 Å². The SMILES string of the molecule is CC(C)(O)COC(=O)c1oc2ccncc2c1Nc1ccc(I)cc1F. The summed E-state index contributed by atoms with van der Waals surface area (Å²) < 4.78 is 25.7. The Morgan fingerprint density at radius 1 is 1.42 bits per heavy atom. The van der Waals surface area contributed by atoms with Gasteiger partial charge in [-0.2, -0.15) is 0 Å². The van der Waals surface area contributed by atoms with Crippen molar-refractivity contribution in [1.82, 2.24) is 4.98 Å². The Balaban J connectivity index is 2.00. The molecule has 2 heterocycles. The first-order valence-electron chi connectivity index (χ1n) is 7.73. The molecular formula is C18H16FIN2O4. The molecule has 0 unspecified atom stereocenters. The van der Waals surface area contributed by atoms with Crippen LogP contribution in [0.15, 0.2) is 41.1 Å². The molecule has 0 amide bonds. The largest absolute Gasteiger partial charge is 0.457 e. The average molecular weight is 470 g/mol. The van der Waals surface area contributed by atoms with Crippen LogP contribution in [-0.2, 0) is 4.74 Å². The quantitative estimate of drug-likeness (QED) is 0.429. The maximum Gasteiger partial charge on any atom is 0.376 e. The third-order valence-corrected chi connectivity index (χ3v) is 4.09. The van der Waals surface area contributed by atoms with Gasteiger partial charge in [0.25, 0.3) is 0 Å². The number of halogens is 2. The number of ether oxygens (including phenoxy) is 1. The number of benzene rings is 1. The number of nitrogens with zero attached hydrogens (tertiary/aromatic N) is 1. The lowest BCUT2D eigenvalue weighted by atomic mass is 10.2.